The van der Waals surface area contributed by atoms with Crippen molar-refractivity contribution in [2.24, 2.45) is 5.92 Å². The van der Waals surface area contributed by atoms with Gasteiger partial charge in [0.1, 0.15) is 6.04 Å². The van der Waals surface area contributed by atoms with Gasteiger partial charge in [-0.1, -0.05) is 20.8 Å². The van der Waals surface area contributed by atoms with E-state index < -0.39 is 23.9 Å². The van der Waals surface area contributed by atoms with Gasteiger partial charge in [-0.15, -0.1) is 0 Å². The van der Waals surface area contributed by atoms with Crippen LogP contribution in [0.1, 0.15) is 33.6 Å². The molecule has 1 atom stereocenters. The normalized spacial score (nSPS) is 12.0. The number of carbonyl (C=O) groups excluding carboxylic acids is 2. The summed E-state index contributed by atoms with van der Waals surface area (Å²) in [7, 11) is 0. The van der Waals surface area contributed by atoms with E-state index in [4.69, 9.17) is 5.11 Å². The lowest BCUT2D eigenvalue weighted by Gasteiger charge is -2.16. The van der Waals surface area contributed by atoms with Gasteiger partial charge >= 0.3 is 12.0 Å². The molecule has 0 heterocycles. The number of carbonyl (C=O) groups is 3. The van der Waals surface area contributed by atoms with Gasteiger partial charge < -0.3 is 10.4 Å². The average molecular weight is 273 g/mol. The first-order valence-electron chi connectivity index (χ1n) is 6.40. The number of rotatable bonds is 8. The molecule has 1 unspecified atom stereocenters. The number of imide groups is 1. The zero-order valence-electron chi connectivity index (χ0n) is 11.7. The molecule has 0 aliphatic rings. The molecule has 0 aromatic heterocycles. The highest BCUT2D eigenvalue weighted by Crippen LogP contribution is 2.04. The maximum absolute atomic E-state index is 11.4. The van der Waals surface area contributed by atoms with E-state index in [1.807, 2.05) is 20.8 Å². The molecule has 19 heavy (non-hydrogen) atoms. The van der Waals surface area contributed by atoms with Gasteiger partial charge in [-0.3, -0.25) is 20.2 Å². The Bertz CT molecular complexity index is 318. The van der Waals surface area contributed by atoms with Crippen molar-refractivity contribution in [3.63, 3.8) is 0 Å². The lowest BCUT2D eigenvalue weighted by molar-refractivity contribution is -0.140. The first kappa shape index (κ1) is 17.4. The minimum atomic E-state index is -1.00. The maximum Gasteiger partial charge on any atom is 0.321 e. The van der Waals surface area contributed by atoms with Crippen LogP contribution in [0.4, 0.5) is 4.79 Å². The van der Waals surface area contributed by atoms with Crippen molar-refractivity contribution in [3.05, 3.63) is 0 Å². The number of nitrogens with one attached hydrogen (secondary N) is 3. The van der Waals surface area contributed by atoms with Crippen molar-refractivity contribution in [2.75, 3.05) is 13.1 Å². The Labute approximate surface area is 113 Å². The van der Waals surface area contributed by atoms with E-state index in [0.717, 1.165) is 6.42 Å². The molecule has 110 valence electrons. The minimum Gasteiger partial charge on any atom is -0.480 e. The summed E-state index contributed by atoms with van der Waals surface area (Å²) in [6.07, 6.45) is 1.19. The van der Waals surface area contributed by atoms with Crippen molar-refractivity contribution < 1.29 is 19.5 Å². The molecule has 0 aliphatic carbocycles. The lowest BCUT2D eigenvalue weighted by Crippen LogP contribution is -2.47. The van der Waals surface area contributed by atoms with Crippen molar-refractivity contribution in [1.82, 2.24) is 16.0 Å². The summed E-state index contributed by atoms with van der Waals surface area (Å²) in [5.74, 6) is -1.36. The molecule has 0 saturated heterocycles. The molecule has 3 amide bonds. The van der Waals surface area contributed by atoms with Gasteiger partial charge in [0.15, 0.2) is 0 Å². The molecular formula is C12H23N3O4. The highest BCUT2D eigenvalue weighted by molar-refractivity contribution is 5.95. The number of aliphatic carboxylic acids is 1. The molecule has 0 radical (unpaired) electrons. The molecule has 0 saturated carbocycles. The first-order chi connectivity index (χ1) is 8.86. The fraction of sp³-hybridized carbons (Fsp3) is 0.750. The fourth-order valence-electron chi connectivity index (χ4n) is 1.41. The van der Waals surface area contributed by atoms with Crippen molar-refractivity contribution in [3.8, 4) is 0 Å². The maximum atomic E-state index is 11.4. The van der Waals surface area contributed by atoms with E-state index in [2.05, 4.69) is 16.0 Å². The van der Waals surface area contributed by atoms with Gasteiger partial charge in [0.05, 0.1) is 6.54 Å². The third kappa shape index (κ3) is 9.01. The Hall–Kier alpha value is -1.63. The topological polar surface area (TPSA) is 108 Å². The van der Waals surface area contributed by atoms with E-state index in [9.17, 15) is 14.4 Å². The van der Waals surface area contributed by atoms with E-state index in [1.165, 1.54) is 0 Å². The van der Waals surface area contributed by atoms with Gasteiger partial charge in [-0.2, -0.15) is 0 Å². The highest BCUT2D eigenvalue weighted by Gasteiger charge is 2.19. The number of amides is 3. The Kier molecular flexibility index (Phi) is 8.52. The van der Waals surface area contributed by atoms with Crippen LogP contribution in [0.25, 0.3) is 0 Å². The lowest BCUT2D eigenvalue weighted by atomic mass is 10.0. The Morgan fingerprint density at radius 2 is 1.84 bits per heavy atom. The largest absolute Gasteiger partial charge is 0.480 e. The molecule has 4 N–H and O–H groups in total. The van der Waals surface area contributed by atoms with Crippen LogP contribution in [0.15, 0.2) is 0 Å². The smallest absolute Gasteiger partial charge is 0.321 e. The predicted molar refractivity (Wildman–Crippen MR) is 70.7 cm³/mol. The molecule has 0 rings (SSSR count). The zero-order chi connectivity index (χ0) is 14.8. The molecule has 0 spiro atoms. The summed E-state index contributed by atoms with van der Waals surface area (Å²) in [6, 6.07) is -1.35. The predicted octanol–water partition coefficient (Wildman–Crippen LogP) is 0.311. The van der Waals surface area contributed by atoms with Gasteiger partial charge in [0, 0.05) is 6.54 Å². The number of carboxylic acids is 1. The Morgan fingerprint density at radius 1 is 1.21 bits per heavy atom. The summed E-state index contributed by atoms with van der Waals surface area (Å²) >= 11 is 0. The molecule has 0 bridgehead atoms. The van der Waals surface area contributed by atoms with Crippen molar-refractivity contribution in [1.29, 1.82) is 0 Å². The first-order valence-corrected chi connectivity index (χ1v) is 6.40. The van der Waals surface area contributed by atoms with Crippen molar-refractivity contribution in [2.45, 2.75) is 39.7 Å². The second kappa shape index (κ2) is 9.32. The van der Waals surface area contributed by atoms with Gasteiger partial charge in [-0.05, 0) is 18.8 Å². The molecule has 7 heteroatoms. The quantitative estimate of drug-likeness (QED) is 0.509. The molecule has 7 nitrogen and oxygen atoms in total. The number of hydrogen-bond donors (Lipinski definition) is 4. The summed E-state index contributed by atoms with van der Waals surface area (Å²) in [6.45, 7) is 5.97. The van der Waals surface area contributed by atoms with Gasteiger partial charge in [-0.25, -0.2) is 4.79 Å². The van der Waals surface area contributed by atoms with Crippen LogP contribution in [0.5, 0.6) is 0 Å². The second-order valence-electron chi connectivity index (χ2n) is 4.71. The van der Waals surface area contributed by atoms with E-state index >= 15 is 0 Å². The van der Waals surface area contributed by atoms with E-state index in [0.29, 0.717) is 13.0 Å². The SMILES string of the molecule is CCCNC(=O)NC(=O)CNC(CC(C)C)C(=O)O. The van der Waals surface area contributed by atoms with Gasteiger partial charge in [0.25, 0.3) is 0 Å². The monoisotopic (exact) mass is 273 g/mol. The molecule has 0 aliphatic heterocycles. The molecule has 0 aromatic carbocycles. The summed E-state index contributed by atoms with van der Waals surface area (Å²) in [4.78, 5) is 33.5. The molecule has 0 fully saturated rings. The summed E-state index contributed by atoms with van der Waals surface area (Å²) < 4.78 is 0. The highest BCUT2D eigenvalue weighted by atomic mass is 16.4. The molecule has 0 aromatic rings. The van der Waals surface area contributed by atoms with Crippen LogP contribution in [-0.4, -0.2) is 42.1 Å². The van der Waals surface area contributed by atoms with Crippen LogP contribution in [-0.2, 0) is 9.59 Å². The zero-order valence-corrected chi connectivity index (χ0v) is 11.7. The standard InChI is InChI=1S/C12H23N3O4/c1-4-5-13-12(19)15-10(16)7-14-9(11(17)18)6-8(2)3/h8-9,14H,4-7H2,1-3H3,(H,17,18)(H2,13,15,16,19). The summed E-state index contributed by atoms with van der Waals surface area (Å²) in [5.41, 5.74) is 0. The van der Waals surface area contributed by atoms with Crippen LogP contribution in [0.3, 0.4) is 0 Å². The van der Waals surface area contributed by atoms with Gasteiger partial charge in [0.2, 0.25) is 5.91 Å². The van der Waals surface area contributed by atoms with E-state index in [-0.39, 0.29) is 12.5 Å². The van der Waals surface area contributed by atoms with E-state index in [1.54, 1.807) is 0 Å². The number of urea groups is 1. The number of hydrogen-bond acceptors (Lipinski definition) is 4. The summed E-state index contributed by atoms with van der Waals surface area (Å²) in [5, 5.41) is 16.2. The third-order valence-electron chi connectivity index (χ3n) is 2.30. The average Bonchev–Trinajstić information content (AvgIpc) is 2.31. The van der Waals surface area contributed by atoms with Crippen LogP contribution < -0.4 is 16.0 Å². The van der Waals surface area contributed by atoms with Crippen molar-refractivity contribution >= 4 is 17.9 Å². The fourth-order valence-corrected chi connectivity index (χ4v) is 1.41. The Balaban J connectivity index is 4.04. The van der Waals surface area contributed by atoms with Crippen LogP contribution in [0.2, 0.25) is 0 Å². The van der Waals surface area contributed by atoms with Crippen LogP contribution in [0, 0.1) is 5.92 Å². The van der Waals surface area contributed by atoms with Crippen LogP contribution >= 0.6 is 0 Å². The number of carboxylic acid groups (broad SMARTS) is 1. The third-order valence-corrected chi connectivity index (χ3v) is 2.30. The minimum absolute atomic E-state index is 0.199. The second-order valence-corrected chi connectivity index (χ2v) is 4.71. The Morgan fingerprint density at radius 3 is 2.32 bits per heavy atom. The molecular weight excluding hydrogens is 250 g/mol.